The lowest BCUT2D eigenvalue weighted by atomic mass is 10.3. The van der Waals surface area contributed by atoms with Crippen LogP contribution in [-0.4, -0.2) is 9.55 Å². The van der Waals surface area contributed by atoms with Crippen LogP contribution in [0.4, 0.5) is 20.4 Å². The van der Waals surface area contributed by atoms with Crippen LogP contribution in [0.3, 0.4) is 0 Å². The van der Waals surface area contributed by atoms with Crippen molar-refractivity contribution in [1.29, 1.82) is 0 Å². The van der Waals surface area contributed by atoms with Gasteiger partial charge in [-0.1, -0.05) is 0 Å². The van der Waals surface area contributed by atoms with Crippen molar-refractivity contribution >= 4 is 11.6 Å². The smallest absolute Gasteiger partial charge is 0.207 e. The van der Waals surface area contributed by atoms with E-state index in [4.69, 9.17) is 0 Å². The summed E-state index contributed by atoms with van der Waals surface area (Å²) in [6.07, 6.45) is 1.85. The van der Waals surface area contributed by atoms with E-state index in [0.717, 1.165) is 23.9 Å². The summed E-state index contributed by atoms with van der Waals surface area (Å²) in [5, 5.41) is 2.79. The van der Waals surface area contributed by atoms with Gasteiger partial charge >= 0.3 is 0 Å². The first kappa shape index (κ1) is 11.6. The fraction of sp³-hybridized carbons (Fsp3) is 0.250. The number of benzene rings is 1. The molecule has 0 bridgehead atoms. The molecule has 1 aromatic heterocycles. The molecule has 5 heteroatoms. The Bertz CT molecular complexity index is 535. The van der Waals surface area contributed by atoms with Gasteiger partial charge in [0.05, 0.1) is 11.4 Å². The van der Waals surface area contributed by atoms with Crippen molar-refractivity contribution < 1.29 is 8.78 Å². The molecule has 0 radical (unpaired) electrons. The van der Waals surface area contributed by atoms with Crippen molar-refractivity contribution in [2.24, 2.45) is 0 Å². The molecule has 0 saturated heterocycles. The summed E-state index contributed by atoms with van der Waals surface area (Å²) >= 11 is 0. The molecule has 1 N–H and O–H groups in total. The van der Waals surface area contributed by atoms with Crippen LogP contribution in [0.15, 0.2) is 24.4 Å². The molecule has 0 saturated carbocycles. The Morgan fingerprint density at radius 2 is 2.12 bits per heavy atom. The van der Waals surface area contributed by atoms with Crippen LogP contribution >= 0.6 is 0 Å². The van der Waals surface area contributed by atoms with Gasteiger partial charge in [-0.25, -0.2) is 13.8 Å². The van der Waals surface area contributed by atoms with Gasteiger partial charge in [-0.2, -0.15) is 0 Å². The molecule has 1 heterocycles. The van der Waals surface area contributed by atoms with Crippen molar-refractivity contribution in [3.8, 4) is 0 Å². The summed E-state index contributed by atoms with van der Waals surface area (Å²) in [5.74, 6) is -0.482. The average molecular weight is 237 g/mol. The van der Waals surface area contributed by atoms with E-state index in [9.17, 15) is 8.78 Å². The Morgan fingerprint density at radius 1 is 1.35 bits per heavy atom. The number of hydrogen-bond donors (Lipinski definition) is 1. The predicted molar refractivity (Wildman–Crippen MR) is 62.3 cm³/mol. The van der Waals surface area contributed by atoms with Gasteiger partial charge in [0, 0.05) is 18.8 Å². The molecule has 0 atom stereocenters. The largest absolute Gasteiger partial charge is 0.323 e. The summed E-state index contributed by atoms with van der Waals surface area (Å²) in [4.78, 5) is 4.21. The van der Waals surface area contributed by atoms with Crippen molar-refractivity contribution in [1.82, 2.24) is 9.55 Å². The standard InChI is InChI=1S/C12H13F2N3/c1-3-17-7-8(2)15-12(17)16-11-6-9(13)4-5-10(11)14/h4-7H,3H2,1-2H3,(H,15,16). The van der Waals surface area contributed by atoms with E-state index in [1.54, 1.807) is 0 Å². The molecule has 3 nitrogen and oxygen atoms in total. The molecule has 0 spiro atoms. The van der Waals surface area contributed by atoms with Gasteiger partial charge in [-0.15, -0.1) is 0 Å². The van der Waals surface area contributed by atoms with E-state index in [0.29, 0.717) is 12.5 Å². The molecular formula is C12H13F2N3. The van der Waals surface area contributed by atoms with Crippen LogP contribution in [0.1, 0.15) is 12.6 Å². The molecule has 17 heavy (non-hydrogen) atoms. The van der Waals surface area contributed by atoms with Crippen molar-refractivity contribution in [3.05, 3.63) is 41.7 Å². The maximum atomic E-state index is 13.4. The lowest BCUT2D eigenvalue weighted by Crippen LogP contribution is -2.03. The Hall–Kier alpha value is -1.91. The number of nitrogens with one attached hydrogen (secondary N) is 1. The summed E-state index contributed by atoms with van der Waals surface area (Å²) in [5.41, 5.74) is 0.913. The first-order valence-corrected chi connectivity index (χ1v) is 5.36. The normalized spacial score (nSPS) is 10.6. The van der Waals surface area contributed by atoms with Gasteiger partial charge in [0.15, 0.2) is 0 Å². The molecule has 90 valence electrons. The number of halogens is 2. The van der Waals surface area contributed by atoms with E-state index < -0.39 is 11.6 Å². The van der Waals surface area contributed by atoms with E-state index in [1.165, 1.54) is 0 Å². The number of rotatable bonds is 3. The van der Waals surface area contributed by atoms with E-state index >= 15 is 0 Å². The zero-order valence-corrected chi connectivity index (χ0v) is 9.67. The van der Waals surface area contributed by atoms with Crippen LogP contribution < -0.4 is 5.32 Å². The molecule has 0 aliphatic rings. The minimum absolute atomic E-state index is 0.0882. The second kappa shape index (κ2) is 4.53. The Morgan fingerprint density at radius 3 is 2.82 bits per heavy atom. The minimum Gasteiger partial charge on any atom is -0.323 e. The maximum Gasteiger partial charge on any atom is 0.207 e. The summed E-state index contributed by atoms with van der Waals surface area (Å²) in [7, 11) is 0. The maximum absolute atomic E-state index is 13.4. The molecular weight excluding hydrogens is 224 g/mol. The van der Waals surface area contributed by atoms with Crippen LogP contribution in [0.5, 0.6) is 0 Å². The Balaban J connectivity index is 2.33. The Labute approximate surface area is 98.1 Å². The lowest BCUT2D eigenvalue weighted by molar-refractivity contribution is 0.603. The van der Waals surface area contributed by atoms with Gasteiger partial charge in [0.25, 0.3) is 0 Å². The lowest BCUT2D eigenvalue weighted by Gasteiger charge is -2.08. The van der Waals surface area contributed by atoms with Gasteiger partial charge < -0.3 is 9.88 Å². The highest BCUT2D eigenvalue weighted by Gasteiger charge is 2.08. The first-order valence-electron chi connectivity index (χ1n) is 5.36. The number of anilines is 2. The summed E-state index contributed by atoms with van der Waals surface area (Å²) < 4.78 is 28.3. The number of aromatic nitrogens is 2. The third kappa shape index (κ3) is 2.43. The average Bonchev–Trinajstić information content (AvgIpc) is 2.64. The van der Waals surface area contributed by atoms with Crippen LogP contribution in [-0.2, 0) is 6.54 Å². The SMILES string of the molecule is CCn1cc(C)nc1Nc1cc(F)ccc1F. The molecule has 1 aromatic carbocycles. The van der Waals surface area contributed by atoms with E-state index in [1.807, 2.05) is 24.6 Å². The third-order valence-corrected chi connectivity index (χ3v) is 2.41. The molecule has 0 fully saturated rings. The third-order valence-electron chi connectivity index (χ3n) is 2.41. The molecule has 2 aromatic rings. The predicted octanol–water partition coefficient (Wildman–Crippen LogP) is 3.23. The van der Waals surface area contributed by atoms with E-state index in [-0.39, 0.29) is 5.69 Å². The quantitative estimate of drug-likeness (QED) is 0.888. The molecule has 0 unspecified atom stereocenters. The van der Waals surface area contributed by atoms with Crippen LogP contribution in [0.2, 0.25) is 0 Å². The topological polar surface area (TPSA) is 29.9 Å². The van der Waals surface area contributed by atoms with Crippen LogP contribution in [0.25, 0.3) is 0 Å². The number of imidazole rings is 1. The highest BCUT2D eigenvalue weighted by molar-refractivity contribution is 5.54. The molecule has 0 aliphatic carbocycles. The van der Waals surface area contributed by atoms with Gasteiger partial charge in [0.1, 0.15) is 11.6 Å². The Kier molecular flexibility index (Phi) is 3.08. The number of aryl methyl sites for hydroxylation is 2. The van der Waals surface area contributed by atoms with Gasteiger partial charge in [-0.3, -0.25) is 0 Å². The molecule has 0 aliphatic heterocycles. The monoisotopic (exact) mass is 237 g/mol. The zero-order valence-electron chi connectivity index (χ0n) is 9.67. The van der Waals surface area contributed by atoms with Crippen molar-refractivity contribution in [2.75, 3.05) is 5.32 Å². The van der Waals surface area contributed by atoms with E-state index in [2.05, 4.69) is 10.3 Å². The van der Waals surface area contributed by atoms with Crippen molar-refractivity contribution in [3.63, 3.8) is 0 Å². The fourth-order valence-corrected chi connectivity index (χ4v) is 1.60. The summed E-state index contributed by atoms with van der Waals surface area (Å²) in [6.45, 7) is 4.51. The highest BCUT2D eigenvalue weighted by atomic mass is 19.1. The number of nitrogens with zero attached hydrogens (tertiary/aromatic N) is 2. The highest BCUT2D eigenvalue weighted by Crippen LogP contribution is 2.20. The first-order chi connectivity index (χ1) is 8.10. The van der Waals surface area contributed by atoms with Crippen LogP contribution in [0, 0.1) is 18.6 Å². The zero-order chi connectivity index (χ0) is 12.4. The molecule has 0 amide bonds. The summed E-state index contributed by atoms with van der Waals surface area (Å²) in [6, 6.07) is 3.28. The second-order valence-electron chi connectivity index (χ2n) is 3.74. The van der Waals surface area contributed by atoms with Gasteiger partial charge in [0.2, 0.25) is 5.95 Å². The fourth-order valence-electron chi connectivity index (χ4n) is 1.60. The minimum atomic E-state index is -0.505. The number of hydrogen-bond acceptors (Lipinski definition) is 2. The van der Waals surface area contributed by atoms with Gasteiger partial charge in [-0.05, 0) is 26.0 Å². The van der Waals surface area contributed by atoms with Crippen molar-refractivity contribution in [2.45, 2.75) is 20.4 Å². The molecule has 2 rings (SSSR count). The second-order valence-corrected chi connectivity index (χ2v) is 3.74.